The zero-order valence-corrected chi connectivity index (χ0v) is 12.3. The van der Waals surface area contributed by atoms with Crippen LogP contribution in [0.2, 0.25) is 0 Å². The number of esters is 2. The Labute approximate surface area is 118 Å². The van der Waals surface area contributed by atoms with E-state index in [0.29, 0.717) is 0 Å². The van der Waals surface area contributed by atoms with Crippen molar-refractivity contribution >= 4 is 20.0 Å². The Balaban J connectivity index is 4.55. The Morgan fingerprint density at radius 3 is 2.35 bits per heavy atom. The summed E-state index contributed by atoms with van der Waals surface area (Å²) < 4.78 is 30.6. The predicted molar refractivity (Wildman–Crippen MR) is 72.7 cm³/mol. The Kier molecular flexibility index (Phi) is 10.6. The fraction of sp³-hybridized carbons (Fsp3) is 0.500. The molecule has 0 aliphatic carbocycles. The van der Waals surface area contributed by atoms with Gasteiger partial charge in [0, 0.05) is 7.11 Å². The zero-order chi connectivity index (χ0) is 15.4. The normalized spacial score (nSPS) is 13.1. The minimum absolute atomic E-state index is 0.0144. The molecule has 2 atom stereocenters. The molecule has 2 unspecified atom stereocenters. The SMILES string of the molecule is C=CCOC(=O)CC(O[PH](=O)COC)C(=O)OCC=C. The van der Waals surface area contributed by atoms with Crippen LogP contribution in [0.15, 0.2) is 25.3 Å². The van der Waals surface area contributed by atoms with Gasteiger partial charge in [0.25, 0.3) is 0 Å². The molecule has 0 heterocycles. The summed E-state index contributed by atoms with van der Waals surface area (Å²) in [6.07, 6.45) is 0.899. The van der Waals surface area contributed by atoms with E-state index in [1.165, 1.54) is 19.3 Å². The third-order valence-electron chi connectivity index (χ3n) is 1.86. The van der Waals surface area contributed by atoms with Gasteiger partial charge in [0.05, 0.1) is 6.42 Å². The molecular weight excluding hydrogens is 287 g/mol. The summed E-state index contributed by atoms with van der Waals surface area (Å²) in [7, 11) is -1.26. The highest BCUT2D eigenvalue weighted by atomic mass is 31.1. The van der Waals surface area contributed by atoms with Gasteiger partial charge in [-0.05, 0) is 0 Å². The highest BCUT2D eigenvalue weighted by Gasteiger charge is 2.27. The van der Waals surface area contributed by atoms with Crippen LogP contribution in [0, 0.1) is 0 Å². The van der Waals surface area contributed by atoms with Crippen molar-refractivity contribution in [1.29, 1.82) is 0 Å². The first kappa shape index (κ1) is 18.6. The van der Waals surface area contributed by atoms with Crippen molar-refractivity contribution in [2.45, 2.75) is 12.5 Å². The smallest absolute Gasteiger partial charge is 0.336 e. The van der Waals surface area contributed by atoms with E-state index >= 15 is 0 Å². The summed E-state index contributed by atoms with van der Waals surface area (Å²) in [6.45, 7) is 6.75. The Hall–Kier alpha value is -1.43. The number of carbonyl (C=O) groups excluding carboxylic acids is 2. The van der Waals surface area contributed by atoms with E-state index in [1.807, 2.05) is 0 Å². The van der Waals surface area contributed by atoms with Crippen molar-refractivity contribution in [3.05, 3.63) is 25.3 Å². The lowest BCUT2D eigenvalue weighted by Crippen LogP contribution is -2.28. The average molecular weight is 306 g/mol. The van der Waals surface area contributed by atoms with Crippen LogP contribution in [-0.2, 0) is 32.9 Å². The molecule has 0 aromatic heterocycles. The van der Waals surface area contributed by atoms with Crippen LogP contribution >= 0.6 is 8.03 Å². The van der Waals surface area contributed by atoms with Crippen molar-refractivity contribution in [3.63, 3.8) is 0 Å². The maximum atomic E-state index is 11.7. The van der Waals surface area contributed by atoms with Gasteiger partial charge in [0.15, 0.2) is 6.10 Å². The number of hydrogen-bond acceptors (Lipinski definition) is 7. The van der Waals surface area contributed by atoms with Gasteiger partial charge in [-0.15, -0.1) is 0 Å². The van der Waals surface area contributed by atoms with Gasteiger partial charge in [-0.2, -0.15) is 0 Å². The highest BCUT2D eigenvalue weighted by Crippen LogP contribution is 2.26. The highest BCUT2D eigenvalue weighted by molar-refractivity contribution is 7.38. The summed E-state index contributed by atoms with van der Waals surface area (Å²) >= 11 is 0. The topological polar surface area (TPSA) is 88.1 Å². The largest absolute Gasteiger partial charge is 0.461 e. The molecule has 0 radical (unpaired) electrons. The Bertz CT molecular complexity index is 367. The summed E-state index contributed by atoms with van der Waals surface area (Å²) in [4.78, 5) is 23.1. The van der Waals surface area contributed by atoms with E-state index in [1.54, 1.807) is 0 Å². The lowest BCUT2D eigenvalue weighted by molar-refractivity contribution is -0.157. The number of carbonyl (C=O) groups is 2. The molecule has 0 saturated carbocycles. The monoisotopic (exact) mass is 306 g/mol. The molecule has 8 heteroatoms. The molecular formula is C12H19O7P. The van der Waals surface area contributed by atoms with E-state index in [0.717, 1.165) is 0 Å². The second kappa shape index (κ2) is 11.4. The molecule has 0 aliphatic rings. The lowest BCUT2D eigenvalue weighted by atomic mass is 10.2. The van der Waals surface area contributed by atoms with Gasteiger partial charge < -0.3 is 18.7 Å². The minimum Gasteiger partial charge on any atom is -0.461 e. The van der Waals surface area contributed by atoms with Crippen LogP contribution in [-0.4, -0.2) is 44.7 Å². The maximum Gasteiger partial charge on any atom is 0.336 e. The standard InChI is InChI=1S/C12H19O7P/c1-4-6-17-11(13)8-10(12(14)18-7-5-2)19-20(15)9-16-3/h4-5,10,20H,1-2,6-9H2,3H3. The van der Waals surface area contributed by atoms with E-state index in [2.05, 4.69) is 17.9 Å². The fourth-order valence-electron chi connectivity index (χ4n) is 1.08. The first-order chi connectivity index (χ1) is 9.54. The number of ether oxygens (including phenoxy) is 3. The molecule has 7 nitrogen and oxygen atoms in total. The molecule has 0 aromatic rings. The number of hydrogen-bond donors (Lipinski definition) is 0. The van der Waals surface area contributed by atoms with E-state index < -0.39 is 32.5 Å². The molecule has 0 N–H and O–H groups in total. The van der Waals surface area contributed by atoms with Crippen LogP contribution < -0.4 is 0 Å². The van der Waals surface area contributed by atoms with Gasteiger partial charge >= 0.3 is 11.9 Å². The lowest BCUT2D eigenvalue weighted by Gasteiger charge is -2.15. The second-order valence-corrected chi connectivity index (χ2v) is 4.77. The van der Waals surface area contributed by atoms with Crippen molar-refractivity contribution in [3.8, 4) is 0 Å². The molecule has 0 bridgehead atoms. The molecule has 114 valence electrons. The zero-order valence-electron chi connectivity index (χ0n) is 11.3. The summed E-state index contributed by atoms with van der Waals surface area (Å²) in [6, 6.07) is 0. The summed E-state index contributed by atoms with van der Waals surface area (Å²) in [5.41, 5.74) is 0. The molecule has 0 fully saturated rings. The summed E-state index contributed by atoms with van der Waals surface area (Å²) in [5.74, 6) is -1.49. The number of rotatable bonds is 11. The average Bonchev–Trinajstić information content (AvgIpc) is 2.42. The molecule has 0 amide bonds. The maximum absolute atomic E-state index is 11.7. The van der Waals surface area contributed by atoms with Crippen molar-refractivity contribution in [2.24, 2.45) is 0 Å². The third kappa shape index (κ3) is 8.63. The summed E-state index contributed by atoms with van der Waals surface area (Å²) in [5, 5.41) is 0. The fourth-order valence-corrected chi connectivity index (χ4v) is 1.88. The number of methoxy groups -OCH3 is 1. The Morgan fingerprint density at radius 1 is 1.20 bits per heavy atom. The van der Waals surface area contributed by atoms with Crippen molar-refractivity contribution in [1.82, 2.24) is 0 Å². The van der Waals surface area contributed by atoms with Crippen molar-refractivity contribution in [2.75, 3.05) is 26.7 Å². The van der Waals surface area contributed by atoms with Crippen LogP contribution in [0.4, 0.5) is 0 Å². The van der Waals surface area contributed by atoms with Crippen molar-refractivity contribution < 1.29 is 32.9 Å². The first-order valence-corrected chi connectivity index (χ1v) is 7.30. The molecule has 0 aromatic carbocycles. The van der Waals surface area contributed by atoms with E-state index in [-0.39, 0.29) is 19.6 Å². The third-order valence-corrected chi connectivity index (χ3v) is 2.93. The molecule has 0 spiro atoms. The quantitative estimate of drug-likeness (QED) is 0.323. The second-order valence-electron chi connectivity index (χ2n) is 3.51. The van der Waals surface area contributed by atoms with Gasteiger partial charge in [0.2, 0.25) is 8.03 Å². The van der Waals surface area contributed by atoms with Gasteiger partial charge in [0.1, 0.15) is 19.6 Å². The first-order valence-electron chi connectivity index (χ1n) is 5.77. The van der Waals surface area contributed by atoms with E-state index in [4.69, 9.17) is 14.0 Å². The molecule has 0 saturated heterocycles. The van der Waals surface area contributed by atoms with Crippen LogP contribution in [0.3, 0.4) is 0 Å². The molecule has 0 aliphatic heterocycles. The van der Waals surface area contributed by atoms with Gasteiger partial charge in [-0.1, -0.05) is 25.3 Å². The Morgan fingerprint density at radius 2 is 1.80 bits per heavy atom. The molecule has 20 heavy (non-hydrogen) atoms. The minimum atomic E-state index is -2.60. The predicted octanol–water partition coefficient (Wildman–Crippen LogP) is 1.30. The van der Waals surface area contributed by atoms with Crippen LogP contribution in [0.5, 0.6) is 0 Å². The van der Waals surface area contributed by atoms with Gasteiger partial charge in [-0.3, -0.25) is 9.36 Å². The van der Waals surface area contributed by atoms with Crippen LogP contribution in [0.1, 0.15) is 6.42 Å². The van der Waals surface area contributed by atoms with Gasteiger partial charge in [-0.25, -0.2) is 4.79 Å². The molecule has 0 rings (SSSR count). The van der Waals surface area contributed by atoms with Crippen LogP contribution in [0.25, 0.3) is 0 Å². The van der Waals surface area contributed by atoms with E-state index in [9.17, 15) is 14.2 Å².